The zero-order valence-corrected chi connectivity index (χ0v) is 9.58. The van der Waals surface area contributed by atoms with Gasteiger partial charge in [0, 0.05) is 6.42 Å². The standard InChI is InChI=1S/C8H16INO2/c1-2-3-4-5-6-7-8(11)10(9)12/h12H,2-7H2,1H3. The zero-order valence-electron chi connectivity index (χ0n) is 7.42. The van der Waals surface area contributed by atoms with Crippen molar-refractivity contribution in [2.75, 3.05) is 0 Å². The van der Waals surface area contributed by atoms with Crippen molar-refractivity contribution in [1.29, 1.82) is 0 Å². The molecular formula is C8H16INO2. The second-order valence-electron chi connectivity index (χ2n) is 2.82. The van der Waals surface area contributed by atoms with E-state index in [1.807, 2.05) is 0 Å². The molecule has 0 saturated heterocycles. The summed E-state index contributed by atoms with van der Waals surface area (Å²) >= 11 is 1.58. The number of amides is 1. The third kappa shape index (κ3) is 6.84. The molecule has 0 unspecified atom stereocenters. The molecular weight excluding hydrogens is 269 g/mol. The van der Waals surface area contributed by atoms with Gasteiger partial charge in [-0.1, -0.05) is 32.6 Å². The van der Waals surface area contributed by atoms with Crippen LogP contribution in [0, 0.1) is 0 Å². The first kappa shape index (κ1) is 12.2. The van der Waals surface area contributed by atoms with E-state index < -0.39 is 0 Å². The Morgan fingerprint density at radius 1 is 1.33 bits per heavy atom. The topological polar surface area (TPSA) is 40.5 Å². The third-order valence-corrected chi connectivity index (χ3v) is 2.24. The molecule has 0 aliphatic rings. The molecule has 0 bridgehead atoms. The highest BCUT2D eigenvalue weighted by Gasteiger charge is 2.05. The minimum absolute atomic E-state index is 0.202. The molecule has 12 heavy (non-hydrogen) atoms. The van der Waals surface area contributed by atoms with Crippen LogP contribution in [0.15, 0.2) is 0 Å². The average Bonchev–Trinajstić information content (AvgIpc) is 2.03. The Morgan fingerprint density at radius 3 is 2.42 bits per heavy atom. The quantitative estimate of drug-likeness (QED) is 0.268. The van der Waals surface area contributed by atoms with Crippen molar-refractivity contribution in [2.24, 2.45) is 0 Å². The van der Waals surface area contributed by atoms with Gasteiger partial charge < -0.3 is 0 Å². The number of rotatable bonds is 6. The molecule has 3 nitrogen and oxygen atoms in total. The minimum Gasteiger partial charge on any atom is -0.276 e. The van der Waals surface area contributed by atoms with Gasteiger partial charge in [-0.05, 0) is 6.42 Å². The first-order valence-electron chi connectivity index (χ1n) is 4.36. The van der Waals surface area contributed by atoms with Gasteiger partial charge in [0.1, 0.15) is 0 Å². The van der Waals surface area contributed by atoms with Gasteiger partial charge in [-0.15, -0.1) is 0 Å². The highest BCUT2D eigenvalue weighted by atomic mass is 127. The summed E-state index contributed by atoms with van der Waals surface area (Å²) in [6.45, 7) is 2.16. The highest BCUT2D eigenvalue weighted by molar-refractivity contribution is 14.1. The Morgan fingerprint density at radius 2 is 1.92 bits per heavy atom. The normalized spacial score (nSPS) is 9.92. The van der Waals surface area contributed by atoms with Gasteiger partial charge >= 0.3 is 0 Å². The first-order valence-corrected chi connectivity index (χ1v) is 5.32. The maximum atomic E-state index is 10.8. The van der Waals surface area contributed by atoms with Crippen molar-refractivity contribution in [3.63, 3.8) is 0 Å². The largest absolute Gasteiger partial charge is 0.276 e. The molecule has 0 radical (unpaired) electrons. The van der Waals surface area contributed by atoms with Gasteiger partial charge in [0.25, 0.3) is 5.91 Å². The molecule has 1 amide bonds. The van der Waals surface area contributed by atoms with Crippen LogP contribution >= 0.6 is 22.9 Å². The molecule has 0 aromatic rings. The van der Waals surface area contributed by atoms with Crippen LogP contribution in [0.5, 0.6) is 0 Å². The van der Waals surface area contributed by atoms with Crippen LogP contribution in [0.1, 0.15) is 45.4 Å². The van der Waals surface area contributed by atoms with Gasteiger partial charge in [-0.3, -0.25) is 10.0 Å². The van der Waals surface area contributed by atoms with Crippen LogP contribution in [0.3, 0.4) is 0 Å². The second kappa shape index (κ2) is 7.79. The highest BCUT2D eigenvalue weighted by Crippen LogP contribution is 2.07. The van der Waals surface area contributed by atoms with Crippen LogP contribution in [0.25, 0.3) is 0 Å². The maximum Gasteiger partial charge on any atom is 0.255 e. The van der Waals surface area contributed by atoms with Crippen molar-refractivity contribution in [2.45, 2.75) is 45.4 Å². The average molecular weight is 285 g/mol. The van der Waals surface area contributed by atoms with Crippen molar-refractivity contribution in [1.82, 2.24) is 3.28 Å². The molecule has 0 heterocycles. The Balaban J connectivity index is 3.14. The number of hydrogen-bond donors (Lipinski definition) is 1. The summed E-state index contributed by atoms with van der Waals surface area (Å²) in [4.78, 5) is 10.8. The minimum atomic E-state index is -0.202. The molecule has 0 aliphatic carbocycles. The van der Waals surface area contributed by atoms with E-state index in [2.05, 4.69) is 6.92 Å². The summed E-state index contributed by atoms with van der Waals surface area (Å²) in [5.41, 5.74) is 0. The van der Waals surface area contributed by atoms with Crippen molar-refractivity contribution in [3.05, 3.63) is 0 Å². The smallest absolute Gasteiger partial charge is 0.255 e. The fraction of sp³-hybridized carbons (Fsp3) is 0.875. The Kier molecular flexibility index (Phi) is 7.89. The molecule has 0 spiro atoms. The first-order chi connectivity index (χ1) is 5.68. The summed E-state index contributed by atoms with van der Waals surface area (Å²) < 4.78 is 0.636. The predicted octanol–water partition coefficient (Wildman–Crippen LogP) is 2.91. The van der Waals surface area contributed by atoms with Gasteiger partial charge in [0.2, 0.25) is 0 Å². The number of unbranched alkanes of at least 4 members (excludes halogenated alkanes) is 4. The summed E-state index contributed by atoms with van der Waals surface area (Å²) in [5.74, 6) is -0.202. The van der Waals surface area contributed by atoms with Crippen LogP contribution in [0.2, 0.25) is 0 Å². The van der Waals surface area contributed by atoms with Gasteiger partial charge in [0.15, 0.2) is 0 Å². The van der Waals surface area contributed by atoms with E-state index in [0.717, 1.165) is 12.8 Å². The number of carbonyl (C=O) groups is 1. The lowest BCUT2D eigenvalue weighted by Crippen LogP contribution is -2.15. The van der Waals surface area contributed by atoms with Crippen LogP contribution < -0.4 is 0 Å². The maximum absolute atomic E-state index is 10.8. The predicted molar refractivity (Wildman–Crippen MR) is 56.0 cm³/mol. The van der Waals surface area contributed by atoms with Crippen LogP contribution in [-0.4, -0.2) is 14.4 Å². The van der Waals surface area contributed by atoms with E-state index in [1.54, 1.807) is 22.9 Å². The Bertz CT molecular complexity index is 128. The Labute approximate surface area is 87.6 Å². The monoisotopic (exact) mass is 285 g/mol. The van der Waals surface area contributed by atoms with Crippen LogP contribution in [0.4, 0.5) is 0 Å². The number of hydrogen-bond acceptors (Lipinski definition) is 2. The van der Waals surface area contributed by atoms with Crippen LogP contribution in [-0.2, 0) is 4.79 Å². The second-order valence-corrected chi connectivity index (χ2v) is 3.73. The van der Waals surface area contributed by atoms with E-state index in [-0.39, 0.29) is 5.91 Å². The molecule has 1 N–H and O–H groups in total. The van der Waals surface area contributed by atoms with Gasteiger partial charge in [-0.25, -0.2) is 0 Å². The summed E-state index contributed by atoms with van der Waals surface area (Å²) in [6.07, 6.45) is 6.08. The molecule has 0 saturated carbocycles. The SMILES string of the molecule is CCCCCCCC(=O)N(O)I. The van der Waals surface area contributed by atoms with Crippen molar-refractivity contribution < 1.29 is 10.0 Å². The molecule has 0 aliphatic heterocycles. The zero-order chi connectivity index (χ0) is 9.40. The fourth-order valence-corrected chi connectivity index (χ4v) is 1.21. The number of halogens is 1. The lowest BCUT2D eigenvalue weighted by molar-refractivity contribution is -0.141. The van der Waals surface area contributed by atoms with Gasteiger partial charge in [-0.2, -0.15) is 3.28 Å². The summed E-state index contributed by atoms with van der Waals surface area (Å²) in [5, 5.41) is 8.69. The molecule has 0 rings (SSSR count). The van der Waals surface area contributed by atoms with Gasteiger partial charge in [0.05, 0.1) is 22.9 Å². The van der Waals surface area contributed by atoms with E-state index in [1.165, 1.54) is 19.3 Å². The summed E-state index contributed by atoms with van der Waals surface area (Å²) in [7, 11) is 0. The lowest BCUT2D eigenvalue weighted by Gasteiger charge is -2.04. The lowest BCUT2D eigenvalue weighted by atomic mass is 10.1. The molecule has 0 aromatic carbocycles. The van der Waals surface area contributed by atoms with Crippen molar-refractivity contribution in [3.8, 4) is 0 Å². The molecule has 72 valence electrons. The third-order valence-electron chi connectivity index (χ3n) is 1.70. The molecule has 0 fully saturated rings. The van der Waals surface area contributed by atoms with Crippen molar-refractivity contribution >= 4 is 28.8 Å². The Hall–Kier alpha value is 0.160. The molecule has 0 aromatic heterocycles. The molecule has 4 heteroatoms. The number of carbonyl (C=O) groups excluding carboxylic acids is 1. The summed E-state index contributed by atoms with van der Waals surface area (Å²) in [6, 6.07) is 0. The fourth-order valence-electron chi connectivity index (χ4n) is 0.972. The van der Waals surface area contributed by atoms with E-state index in [9.17, 15) is 4.79 Å². The number of nitrogens with zero attached hydrogens (tertiary/aromatic N) is 1. The number of hydroxylamine groups is 1. The van der Waals surface area contributed by atoms with E-state index in [4.69, 9.17) is 5.21 Å². The molecule has 0 atom stereocenters. The van der Waals surface area contributed by atoms with E-state index in [0.29, 0.717) is 9.70 Å². The van der Waals surface area contributed by atoms with E-state index >= 15 is 0 Å².